The van der Waals surface area contributed by atoms with Gasteiger partial charge in [-0.05, 0) is 19.1 Å². The molecular formula is C16H21N3O5. The second-order valence-electron chi connectivity index (χ2n) is 6.10. The lowest BCUT2D eigenvalue weighted by molar-refractivity contribution is -0.144. The lowest BCUT2D eigenvalue weighted by Crippen LogP contribution is -2.29. The van der Waals surface area contributed by atoms with E-state index in [1.807, 2.05) is 0 Å². The van der Waals surface area contributed by atoms with Crippen molar-refractivity contribution >= 4 is 23.5 Å². The van der Waals surface area contributed by atoms with E-state index in [2.05, 4.69) is 15.5 Å². The molecule has 1 N–H and O–H groups in total. The summed E-state index contributed by atoms with van der Waals surface area (Å²) in [6.45, 7) is 6.83. The Balaban J connectivity index is 2.97. The molecule has 1 rings (SSSR count). The van der Waals surface area contributed by atoms with Gasteiger partial charge >= 0.3 is 5.97 Å². The SMILES string of the molecule is CCOC(=O)C(CC(=O)c1cccnc1NC(=O)C(C)(C)C)N=O. The van der Waals surface area contributed by atoms with E-state index in [0.29, 0.717) is 0 Å². The number of Topliss-reactive ketones (excluding diaryl/α,β-unsaturated/α-hetero) is 1. The molecule has 0 aromatic carbocycles. The van der Waals surface area contributed by atoms with Gasteiger partial charge in [-0.25, -0.2) is 9.78 Å². The van der Waals surface area contributed by atoms with Crippen molar-refractivity contribution < 1.29 is 19.1 Å². The van der Waals surface area contributed by atoms with Gasteiger partial charge in [0, 0.05) is 18.0 Å². The Morgan fingerprint density at radius 3 is 2.54 bits per heavy atom. The van der Waals surface area contributed by atoms with Crippen molar-refractivity contribution in [1.29, 1.82) is 0 Å². The highest BCUT2D eigenvalue weighted by molar-refractivity contribution is 6.05. The van der Waals surface area contributed by atoms with E-state index in [9.17, 15) is 19.3 Å². The fourth-order valence-electron chi connectivity index (χ4n) is 1.71. The average molecular weight is 335 g/mol. The molecule has 0 saturated carbocycles. The number of hydrogen-bond donors (Lipinski definition) is 1. The molecule has 0 spiro atoms. The molecule has 0 saturated heterocycles. The Hall–Kier alpha value is -2.64. The van der Waals surface area contributed by atoms with E-state index >= 15 is 0 Å². The summed E-state index contributed by atoms with van der Waals surface area (Å²) in [5, 5.41) is 5.23. The third kappa shape index (κ3) is 5.22. The van der Waals surface area contributed by atoms with Crippen LogP contribution in [0.4, 0.5) is 5.82 Å². The predicted molar refractivity (Wildman–Crippen MR) is 87.5 cm³/mol. The fraction of sp³-hybridized carbons (Fsp3) is 0.500. The summed E-state index contributed by atoms with van der Waals surface area (Å²) in [5.41, 5.74) is -0.566. The molecule has 1 aromatic rings. The maximum absolute atomic E-state index is 12.4. The van der Waals surface area contributed by atoms with Crippen LogP contribution in [-0.2, 0) is 14.3 Å². The Bertz CT molecular complexity index is 637. The molecular weight excluding hydrogens is 314 g/mol. The van der Waals surface area contributed by atoms with Crippen molar-refractivity contribution in [1.82, 2.24) is 4.98 Å². The van der Waals surface area contributed by atoms with Crippen molar-refractivity contribution in [2.24, 2.45) is 10.6 Å². The zero-order chi connectivity index (χ0) is 18.3. The molecule has 0 fully saturated rings. The molecule has 0 aliphatic heterocycles. The van der Waals surface area contributed by atoms with E-state index in [1.165, 1.54) is 18.3 Å². The summed E-state index contributed by atoms with van der Waals surface area (Å²) in [6, 6.07) is 1.55. The number of ketones is 1. The molecule has 1 unspecified atom stereocenters. The minimum absolute atomic E-state index is 0.0796. The summed E-state index contributed by atoms with van der Waals surface area (Å²) < 4.78 is 4.70. The van der Waals surface area contributed by atoms with Crippen LogP contribution < -0.4 is 5.32 Å². The number of pyridine rings is 1. The molecule has 0 aliphatic rings. The van der Waals surface area contributed by atoms with Crippen LogP contribution in [0.2, 0.25) is 0 Å². The van der Waals surface area contributed by atoms with E-state index in [0.717, 1.165) is 0 Å². The van der Waals surface area contributed by atoms with Gasteiger partial charge in [0.05, 0.1) is 12.2 Å². The maximum Gasteiger partial charge on any atom is 0.335 e. The number of ether oxygens (including phenoxy) is 1. The molecule has 1 amide bonds. The molecule has 1 heterocycles. The first-order valence-corrected chi connectivity index (χ1v) is 7.49. The summed E-state index contributed by atoms with van der Waals surface area (Å²) in [5.74, 6) is -1.63. The molecule has 8 nitrogen and oxygen atoms in total. The lowest BCUT2D eigenvalue weighted by Gasteiger charge is -2.18. The standard InChI is InChI=1S/C16H21N3O5/c1-5-24-14(21)11(19-23)9-12(20)10-7-6-8-17-13(10)18-15(22)16(2,3)4/h6-8,11H,5,9H2,1-4H3,(H,17,18,22). The number of carbonyl (C=O) groups excluding carboxylic acids is 3. The van der Waals surface area contributed by atoms with Crippen molar-refractivity contribution in [3.05, 3.63) is 28.8 Å². The van der Waals surface area contributed by atoms with Gasteiger partial charge in [0.25, 0.3) is 0 Å². The van der Waals surface area contributed by atoms with Crippen LogP contribution in [0.1, 0.15) is 44.5 Å². The third-order valence-electron chi connectivity index (χ3n) is 3.09. The van der Waals surface area contributed by atoms with Gasteiger partial charge in [-0.2, -0.15) is 0 Å². The third-order valence-corrected chi connectivity index (χ3v) is 3.09. The van der Waals surface area contributed by atoms with Crippen LogP contribution in [0, 0.1) is 10.3 Å². The van der Waals surface area contributed by atoms with Gasteiger partial charge in [0.2, 0.25) is 5.91 Å². The molecule has 0 radical (unpaired) electrons. The Kier molecular flexibility index (Phi) is 6.69. The molecule has 0 aliphatic carbocycles. The number of carbonyl (C=O) groups is 3. The topological polar surface area (TPSA) is 115 Å². The Labute approximate surface area is 140 Å². The van der Waals surface area contributed by atoms with E-state index < -0.39 is 29.6 Å². The molecule has 0 bridgehead atoms. The molecule has 8 heteroatoms. The first kappa shape index (κ1) is 19.4. The van der Waals surface area contributed by atoms with Gasteiger partial charge in [-0.15, -0.1) is 4.91 Å². The normalized spacial score (nSPS) is 12.2. The van der Waals surface area contributed by atoms with Gasteiger partial charge in [-0.1, -0.05) is 25.9 Å². The average Bonchev–Trinajstić information content (AvgIpc) is 2.52. The van der Waals surface area contributed by atoms with Gasteiger partial charge < -0.3 is 10.1 Å². The van der Waals surface area contributed by atoms with Crippen LogP contribution in [0.15, 0.2) is 23.5 Å². The highest BCUT2D eigenvalue weighted by Crippen LogP contribution is 2.20. The second kappa shape index (κ2) is 8.28. The largest absolute Gasteiger partial charge is 0.464 e. The highest BCUT2D eigenvalue weighted by Gasteiger charge is 2.28. The van der Waals surface area contributed by atoms with Crippen LogP contribution in [-0.4, -0.2) is 35.3 Å². The number of esters is 1. The van der Waals surface area contributed by atoms with Gasteiger partial charge in [-0.3, -0.25) is 9.59 Å². The minimum Gasteiger partial charge on any atom is -0.464 e. The Morgan fingerprint density at radius 1 is 1.33 bits per heavy atom. The number of nitrogens with one attached hydrogen (secondary N) is 1. The van der Waals surface area contributed by atoms with E-state index in [-0.39, 0.29) is 23.9 Å². The number of nitroso groups, excluding NO2 is 1. The van der Waals surface area contributed by atoms with Gasteiger partial charge in [0.15, 0.2) is 11.8 Å². The zero-order valence-electron chi connectivity index (χ0n) is 14.2. The molecule has 130 valence electrons. The van der Waals surface area contributed by atoms with Crippen LogP contribution in [0.5, 0.6) is 0 Å². The number of amides is 1. The van der Waals surface area contributed by atoms with Crippen molar-refractivity contribution in [3.8, 4) is 0 Å². The fourth-order valence-corrected chi connectivity index (χ4v) is 1.71. The maximum atomic E-state index is 12.4. The number of aromatic nitrogens is 1. The number of rotatable bonds is 7. The first-order chi connectivity index (χ1) is 11.2. The van der Waals surface area contributed by atoms with Crippen LogP contribution in [0.3, 0.4) is 0 Å². The Morgan fingerprint density at radius 2 is 2.00 bits per heavy atom. The van der Waals surface area contributed by atoms with Crippen molar-refractivity contribution in [2.75, 3.05) is 11.9 Å². The molecule has 1 atom stereocenters. The second-order valence-corrected chi connectivity index (χ2v) is 6.10. The molecule has 24 heavy (non-hydrogen) atoms. The van der Waals surface area contributed by atoms with Gasteiger partial charge in [0.1, 0.15) is 5.82 Å². The van der Waals surface area contributed by atoms with Crippen molar-refractivity contribution in [3.63, 3.8) is 0 Å². The summed E-state index contributed by atoms with van der Waals surface area (Å²) >= 11 is 0. The van der Waals surface area contributed by atoms with Crippen LogP contribution in [0.25, 0.3) is 0 Å². The summed E-state index contributed by atoms with van der Waals surface area (Å²) in [7, 11) is 0. The summed E-state index contributed by atoms with van der Waals surface area (Å²) in [4.78, 5) is 50.8. The number of hydrogen-bond acceptors (Lipinski definition) is 7. The number of nitrogens with zero attached hydrogens (tertiary/aromatic N) is 2. The predicted octanol–water partition coefficient (Wildman–Crippen LogP) is 2.34. The quantitative estimate of drug-likeness (QED) is 0.464. The monoisotopic (exact) mass is 335 g/mol. The first-order valence-electron chi connectivity index (χ1n) is 7.49. The highest BCUT2D eigenvalue weighted by atomic mass is 16.5. The zero-order valence-corrected chi connectivity index (χ0v) is 14.2. The smallest absolute Gasteiger partial charge is 0.335 e. The van der Waals surface area contributed by atoms with Crippen LogP contribution >= 0.6 is 0 Å². The lowest BCUT2D eigenvalue weighted by atomic mass is 9.95. The van der Waals surface area contributed by atoms with E-state index in [4.69, 9.17) is 4.74 Å². The van der Waals surface area contributed by atoms with E-state index in [1.54, 1.807) is 27.7 Å². The minimum atomic E-state index is -1.43. The molecule has 1 aromatic heterocycles. The number of anilines is 1. The summed E-state index contributed by atoms with van der Waals surface area (Å²) in [6.07, 6.45) is 0.974. The van der Waals surface area contributed by atoms with Crippen molar-refractivity contribution in [2.45, 2.75) is 40.2 Å².